The number of allylic oxidation sites excluding steroid dienone is 5. The van der Waals surface area contributed by atoms with E-state index in [1.807, 2.05) is 31.2 Å². The van der Waals surface area contributed by atoms with Crippen LogP contribution in [0.1, 0.15) is 40.0 Å². The largest absolute Gasteiger partial charge is 0.352 e. The number of carbonyl (C=O) groups excluding carboxylic acids is 1. The predicted molar refractivity (Wildman–Crippen MR) is 74.8 cm³/mol. The van der Waals surface area contributed by atoms with Crippen molar-refractivity contribution in [2.24, 2.45) is 5.92 Å². The van der Waals surface area contributed by atoms with Gasteiger partial charge in [-0.25, -0.2) is 0 Å². The van der Waals surface area contributed by atoms with Crippen LogP contribution >= 0.6 is 0 Å². The molecule has 0 aromatic rings. The monoisotopic (exact) mass is 235 g/mol. The second-order valence-electron chi connectivity index (χ2n) is 4.19. The maximum Gasteiger partial charge on any atom is 0.243 e. The topological polar surface area (TPSA) is 29.1 Å². The Kier molecular flexibility index (Phi) is 10.3. The molecule has 0 aliphatic rings. The van der Waals surface area contributed by atoms with Gasteiger partial charge in [0.05, 0.1) is 0 Å². The van der Waals surface area contributed by atoms with Crippen molar-refractivity contribution in [3.63, 3.8) is 0 Å². The van der Waals surface area contributed by atoms with E-state index in [0.717, 1.165) is 25.8 Å². The van der Waals surface area contributed by atoms with Crippen LogP contribution in [0.4, 0.5) is 0 Å². The fraction of sp³-hybridized carbons (Fsp3) is 0.533. The van der Waals surface area contributed by atoms with Crippen molar-refractivity contribution in [3.8, 4) is 0 Å². The van der Waals surface area contributed by atoms with Crippen molar-refractivity contribution in [2.75, 3.05) is 6.54 Å². The molecule has 0 saturated heterocycles. The Balaban J connectivity index is 3.60. The van der Waals surface area contributed by atoms with E-state index in [0.29, 0.717) is 5.92 Å². The number of amides is 1. The zero-order valence-electron chi connectivity index (χ0n) is 11.3. The minimum absolute atomic E-state index is 0.0164. The summed E-state index contributed by atoms with van der Waals surface area (Å²) < 4.78 is 0. The van der Waals surface area contributed by atoms with Gasteiger partial charge < -0.3 is 5.32 Å². The molecule has 0 aromatic carbocycles. The molecule has 2 heteroatoms. The van der Waals surface area contributed by atoms with E-state index in [1.165, 1.54) is 0 Å². The Bertz CT molecular complexity index is 277. The average molecular weight is 235 g/mol. The molecule has 1 amide bonds. The molecule has 0 radical (unpaired) electrons. The lowest BCUT2D eigenvalue weighted by atomic mass is 10.1. The molecule has 1 atom stereocenters. The Morgan fingerprint density at radius 2 is 1.94 bits per heavy atom. The van der Waals surface area contributed by atoms with Gasteiger partial charge in [-0.2, -0.15) is 0 Å². The van der Waals surface area contributed by atoms with E-state index in [4.69, 9.17) is 0 Å². The second-order valence-corrected chi connectivity index (χ2v) is 4.19. The van der Waals surface area contributed by atoms with E-state index in [9.17, 15) is 4.79 Å². The fourth-order valence-corrected chi connectivity index (χ4v) is 1.15. The predicted octanol–water partition coefficient (Wildman–Crippen LogP) is 3.62. The van der Waals surface area contributed by atoms with Gasteiger partial charge in [-0.15, -0.1) is 0 Å². The van der Waals surface area contributed by atoms with Crippen LogP contribution in [-0.4, -0.2) is 12.5 Å². The molecular formula is C15H25NO. The summed E-state index contributed by atoms with van der Waals surface area (Å²) in [5.41, 5.74) is 0. The minimum Gasteiger partial charge on any atom is -0.352 e. The van der Waals surface area contributed by atoms with E-state index < -0.39 is 0 Å². The maximum absolute atomic E-state index is 11.4. The van der Waals surface area contributed by atoms with Crippen LogP contribution in [0.3, 0.4) is 0 Å². The van der Waals surface area contributed by atoms with Crippen LogP contribution in [0.2, 0.25) is 0 Å². The third kappa shape index (κ3) is 11.0. The summed E-state index contributed by atoms with van der Waals surface area (Å²) in [5.74, 6) is 0.568. The van der Waals surface area contributed by atoms with Gasteiger partial charge in [-0.3, -0.25) is 4.79 Å². The highest BCUT2D eigenvalue weighted by Gasteiger charge is 1.99. The van der Waals surface area contributed by atoms with Crippen LogP contribution < -0.4 is 5.32 Å². The van der Waals surface area contributed by atoms with Gasteiger partial charge in [0, 0.05) is 6.54 Å². The van der Waals surface area contributed by atoms with Crippen LogP contribution in [-0.2, 0) is 4.79 Å². The summed E-state index contributed by atoms with van der Waals surface area (Å²) in [4.78, 5) is 11.4. The first kappa shape index (κ1) is 15.7. The van der Waals surface area contributed by atoms with Crippen molar-refractivity contribution in [1.29, 1.82) is 0 Å². The second kappa shape index (κ2) is 11.2. The molecule has 0 aliphatic heterocycles. The summed E-state index contributed by atoms with van der Waals surface area (Å²) in [7, 11) is 0. The Morgan fingerprint density at radius 1 is 1.24 bits per heavy atom. The van der Waals surface area contributed by atoms with Crippen LogP contribution in [0.25, 0.3) is 0 Å². The summed E-state index contributed by atoms with van der Waals surface area (Å²) >= 11 is 0. The molecule has 0 bridgehead atoms. The van der Waals surface area contributed by atoms with Crippen molar-refractivity contribution < 1.29 is 4.79 Å². The van der Waals surface area contributed by atoms with E-state index >= 15 is 0 Å². The Hall–Kier alpha value is -1.31. The zero-order valence-corrected chi connectivity index (χ0v) is 11.3. The Morgan fingerprint density at radius 3 is 2.59 bits per heavy atom. The lowest BCUT2D eigenvalue weighted by molar-refractivity contribution is -0.116. The first-order valence-electron chi connectivity index (χ1n) is 6.42. The van der Waals surface area contributed by atoms with Gasteiger partial charge in [-0.05, 0) is 31.8 Å². The first-order valence-corrected chi connectivity index (χ1v) is 6.42. The SMILES string of the molecule is CC=CC=CCCC=CC(=O)NCC(C)CC. The highest BCUT2D eigenvalue weighted by Crippen LogP contribution is 1.97. The summed E-state index contributed by atoms with van der Waals surface area (Å²) in [6.07, 6.45) is 14.7. The minimum atomic E-state index is 0.0164. The molecule has 0 heterocycles. The molecule has 0 aliphatic carbocycles. The van der Waals surface area contributed by atoms with Crippen LogP contribution in [0, 0.1) is 5.92 Å². The highest BCUT2D eigenvalue weighted by atomic mass is 16.1. The number of carbonyl (C=O) groups is 1. The standard InChI is InChI=1S/C15H25NO/c1-4-6-7-8-9-10-11-12-15(17)16-13-14(3)5-2/h4,6-8,11-12,14H,5,9-10,13H2,1-3H3,(H,16,17). The third-order valence-corrected chi connectivity index (χ3v) is 2.53. The van der Waals surface area contributed by atoms with Gasteiger partial charge in [0.25, 0.3) is 0 Å². The molecule has 0 fully saturated rings. The molecule has 17 heavy (non-hydrogen) atoms. The number of rotatable bonds is 8. The number of nitrogens with one attached hydrogen (secondary N) is 1. The molecule has 0 aromatic heterocycles. The summed E-state index contributed by atoms with van der Waals surface area (Å²) in [6, 6.07) is 0. The molecule has 0 spiro atoms. The van der Waals surface area contributed by atoms with Gasteiger partial charge in [0.15, 0.2) is 0 Å². The summed E-state index contributed by atoms with van der Waals surface area (Å²) in [6.45, 7) is 7.02. The van der Waals surface area contributed by atoms with Crippen molar-refractivity contribution in [1.82, 2.24) is 5.32 Å². The van der Waals surface area contributed by atoms with Gasteiger partial charge >= 0.3 is 0 Å². The molecule has 1 N–H and O–H groups in total. The average Bonchev–Trinajstić information content (AvgIpc) is 2.34. The van der Waals surface area contributed by atoms with Crippen molar-refractivity contribution >= 4 is 5.91 Å². The lowest BCUT2D eigenvalue weighted by Gasteiger charge is -2.07. The van der Waals surface area contributed by atoms with E-state index in [1.54, 1.807) is 6.08 Å². The fourth-order valence-electron chi connectivity index (χ4n) is 1.15. The number of hydrogen-bond acceptors (Lipinski definition) is 1. The summed E-state index contributed by atoms with van der Waals surface area (Å²) in [5, 5.41) is 2.89. The quantitative estimate of drug-likeness (QED) is 0.388. The van der Waals surface area contributed by atoms with E-state index in [-0.39, 0.29) is 5.91 Å². The maximum atomic E-state index is 11.4. The Labute approximate surface area is 105 Å². The molecule has 0 rings (SSSR count). The molecule has 0 saturated carbocycles. The molecular weight excluding hydrogens is 210 g/mol. The third-order valence-electron chi connectivity index (χ3n) is 2.53. The van der Waals surface area contributed by atoms with Gasteiger partial charge in [-0.1, -0.05) is 50.6 Å². The lowest BCUT2D eigenvalue weighted by Crippen LogP contribution is -2.26. The van der Waals surface area contributed by atoms with Crippen LogP contribution in [0.5, 0.6) is 0 Å². The van der Waals surface area contributed by atoms with Gasteiger partial charge in [0.1, 0.15) is 0 Å². The first-order chi connectivity index (χ1) is 8.20. The zero-order chi connectivity index (χ0) is 12.9. The smallest absolute Gasteiger partial charge is 0.243 e. The van der Waals surface area contributed by atoms with E-state index in [2.05, 4.69) is 25.2 Å². The molecule has 96 valence electrons. The van der Waals surface area contributed by atoms with Crippen LogP contribution in [0.15, 0.2) is 36.5 Å². The van der Waals surface area contributed by atoms with Crippen molar-refractivity contribution in [3.05, 3.63) is 36.5 Å². The highest BCUT2D eigenvalue weighted by molar-refractivity contribution is 5.87. The number of unbranched alkanes of at least 4 members (excludes halogenated alkanes) is 1. The molecule has 1 unspecified atom stereocenters. The molecule has 2 nitrogen and oxygen atoms in total. The van der Waals surface area contributed by atoms with Crippen molar-refractivity contribution in [2.45, 2.75) is 40.0 Å². The van der Waals surface area contributed by atoms with Gasteiger partial charge in [0.2, 0.25) is 5.91 Å². The number of hydrogen-bond donors (Lipinski definition) is 1. The normalized spacial score (nSPS) is 13.8.